The zero-order chi connectivity index (χ0) is 18.5. The maximum absolute atomic E-state index is 12.2. The molecule has 0 atom stereocenters. The zero-order valence-electron chi connectivity index (χ0n) is 15.8. The molecule has 138 valence electrons. The van der Waals surface area contributed by atoms with Crippen molar-refractivity contribution in [3.05, 3.63) is 53.0 Å². The van der Waals surface area contributed by atoms with Crippen LogP contribution in [0.1, 0.15) is 60.0 Å². The van der Waals surface area contributed by atoms with Gasteiger partial charge in [-0.15, -0.1) is 0 Å². The van der Waals surface area contributed by atoms with Crippen LogP contribution in [-0.4, -0.2) is 24.7 Å². The molecule has 0 unspecified atom stereocenters. The molecular formula is C21H27N3O2. The Balaban J connectivity index is 1.65. The molecule has 5 nitrogen and oxygen atoms in total. The first kappa shape index (κ1) is 18.2. The molecule has 2 aromatic rings. The summed E-state index contributed by atoms with van der Waals surface area (Å²) in [7, 11) is 0. The first-order valence-corrected chi connectivity index (χ1v) is 9.31. The lowest BCUT2D eigenvalue weighted by Crippen LogP contribution is -2.23. The molecule has 0 spiro atoms. The summed E-state index contributed by atoms with van der Waals surface area (Å²) >= 11 is 0. The van der Waals surface area contributed by atoms with Gasteiger partial charge in [0.15, 0.2) is 0 Å². The van der Waals surface area contributed by atoms with Crippen molar-refractivity contribution in [2.75, 3.05) is 18.0 Å². The Kier molecular flexibility index (Phi) is 5.76. The maximum Gasteiger partial charge on any atom is 0.274 e. The van der Waals surface area contributed by atoms with Crippen molar-refractivity contribution in [3.63, 3.8) is 0 Å². The Morgan fingerprint density at radius 3 is 2.31 bits per heavy atom. The van der Waals surface area contributed by atoms with E-state index in [0.717, 1.165) is 30.1 Å². The summed E-state index contributed by atoms with van der Waals surface area (Å²) in [5, 5.41) is 4.24. The number of hydrogen-bond acceptors (Lipinski definition) is 4. The fourth-order valence-electron chi connectivity index (χ4n) is 3.36. The summed E-state index contributed by atoms with van der Waals surface area (Å²) in [6.07, 6.45) is 5.19. The summed E-state index contributed by atoms with van der Waals surface area (Å²) in [6, 6.07) is 10.2. The summed E-state index contributed by atoms with van der Waals surface area (Å²) in [6.45, 7) is 7.76. The van der Waals surface area contributed by atoms with Crippen LogP contribution in [0.3, 0.4) is 0 Å². The first-order valence-electron chi connectivity index (χ1n) is 9.31. The lowest BCUT2D eigenvalue weighted by Gasteiger charge is -2.22. The highest BCUT2D eigenvalue weighted by molar-refractivity contribution is 6.01. The molecular weight excluding hydrogens is 326 g/mol. The highest BCUT2D eigenvalue weighted by Crippen LogP contribution is 2.20. The molecule has 1 fully saturated rings. The molecule has 0 bridgehead atoms. The Morgan fingerprint density at radius 2 is 1.73 bits per heavy atom. The number of nitrogens with one attached hydrogen (secondary N) is 1. The second-order valence-electron chi connectivity index (χ2n) is 6.91. The highest BCUT2D eigenvalue weighted by Gasteiger charge is 2.13. The van der Waals surface area contributed by atoms with Gasteiger partial charge < -0.3 is 9.32 Å². The lowest BCUT2D eigenvalue weighted by atomic mass is 10.1. The molecule has 1 aromatic carbocycles. The van der Waals surface area contributed by atoms with E-state index in [0.29, 0.717) is 11.3 Å². The summed E-state index contributed by atoms with van der Waals surface area (Å²) in [5.74, 6) is 1.08. The van der Waals surface area contributed by atoms with Crippen molar-refractivity contribution in [1.82, 2.24) is 5.43 Å². The smallest absolute Gasteiger partial charge is 0.274 e. The van der Waals surface area contributed by atoms with Crippen LogP contribution in [0.15, 0.2) is 39.9 Å². The van der Waals surface area contributed by atoms with Crippen LogP contribution in [0, 0.1) is 13.8 Å². The number of amides is 1. The molecule has 1 aromatic heterocycles. The third kappa shape index (κ3) is 4.34. The van der Waals surface area contributed by atoms with Gasteiger partial charge in [0.05, 0.1) is 11.3 Å². The van der Waals surface area contributed by atoms with E-state index in [9.17, 15) is 4.79 Å². The van der Waals surface area contributed by atoms with Crippen LogP contribution in [0.25, 0.3) is 0 Å². The number of nitrogens with zero attached hydrogens (tertiary/aromatic N) is 2. The van der Waals surface area contributed by atoms with Crippen molar-refractivity contribution in [2.24, 2.45) is 5.10 Å². The number of anilines is 1. The number of rotatable bonds is 4. The minimum absolute atomic E-state index is 0.250. The number of furan rings is 1. The summed E-state index contributed by atoms with van der Waals surface area (Å²) in [5.41, 5.74) is 6.18. The minimum Gasteiger partial charge on any atom is -0.466 e. The second kappa shape index (κ2) is 8.21. The molecule has 2 heterocycles. The first-order chi connectivity index (χ1) is 12.5. The molecule has 0 aliphatic carbocycles. The van der Waals surface area contributed by atoms with Crippen molar-refractivity contribution < 1.29 is 9.21 Å². The van der Waals surface area contributed by atoms with E-state index < -0.39 is 0 Å². The van der Waals surface area contributed by atoms with Crippen molar-refractivity contribution >= 4 is 17.3 Å². The molecule has 3 rings (SSSR count). The van der Waals surface area contributed by atoms with Gasteiger partial charge in [-0.3, -0.25) is 4.79 Å². The van der Waals surface area contributed by atoms with E-state index in [1.807, 2.05) is 13.8 Å². The normalized spacial score (nSPS) is 15.7. The molecule has 1 N–H and O–H groups in total. The molecule has 1 aliphatic heterocycles. The topological polar surface area (TPSA) is 57.8 Å². The Labute approximate surface area is 155 Å². The number of carbonyl (C=O) groups excluding carboxylic acids is 1. The van der Waals surface area contributed by atoms with E-state index in [2.05, 4.69) is 39.7 Å². The van der Waals surface area contributed by atoms with Crippen molar-refractivity contribution in [2.45, 2.75) is 46.5 Å². The highest BCUT2D eigenvalue weighted by atomic mass is 16.3. The molecule has 0 saturated carbocycles. The number of hydrogen-bond donors (Lipinski definition) is 1. The average molecular weight is 353 g/mol. The quantitative estimate of drug-likeness (QED) is 0.653. The van der Waals surface area contributed by atoms with Gasteiger partial charge in [0.1, 0.15) is 11.5 Å². The lowest BCUT2D eigenvalue weighted by molar-refractivity contribution is 0.0953. The van der Waals surface area contributed by atoms with Gasteiger partial charge in [-0.05, 0) is 57.4 Å². The van der Waals surface area contributed by atoms with Crippen LogP contribution >= 0.6 is 0 Å². The van der Waals surface area contributed by atoms with Crippen molar-refractivity contribution in [1.29, 1.82) is 0 Å². The van der Waals surface area contributed by atoms with Gasteiger partial charge in [0.2, 0.25) is 0 Å². The molecule has 26 heavy (non-hydrogen) atoms. The van der Waals surface area contributed by atoms with Gasteiger partial charge in [-0.25, -0.2) is 5.43 Å². The Morgan fingerprint density at radius 1 is 1.08 bits per heavy atom. The molecule has 1 amide bonds. The van der Waals surface area contributed by atoms with Crippen LogP contribution in [0.2, 0.25) is 0 Å². The number of carbonyl (C=O) groups is 1. The standard InChI is InChI=1S/C21H27N3O2/c1-15-14-20(17(3)26-15)21(25)23-22-16(2)18-8-10-19(11-9-18)24-12-6-4-5-7-13-24/h8-11,14H,4-7,12-13H2,1-3H3,(H,23,25). The Hall–Kier alpha value is -2.56. The minimum atomic E-state index is -0.250. The third-order valence-electron chi connectivity index (χ3n) is 4.87. The third-order valence-corrected chi connectivity index (χ3v) is 4.87. The number of benzene rings is 1. The van der Waals surface area contributed by atoms with Gasteiger partial charge in [-0.2, -0.15) is 5.10 Å². The van der Waals surface area contributed by atoms with Gasteiger partial charge >= 0.3 is 0 Å². The predicted octanol–water partition coefficient (Wildman–Crippen LogP) is 4.43. The van der Waals surface area contributed by atoms with E-state index in [1.165, 1.54) is 31.4 Å². The van der Waals surface area contributed by atoms with Crippen molar-refractivity contribution in [3.8, 4) is 0 Å². The Bertz CT molecular complexity index is 782. The number of hydrazone groups is 1. The maximum atomic E-state index is 12.2. The van der Waals surface area contributed by atoms with Crippen LogP contribution in [-0.2, 0) is 0 Å². The van der Waals surface area contributed by atoms with Gasteiger partial charge in [0.25, 0.3) is 5.91 Å². The summed E-state index contributed by atoms with van der Waals surface area (Å²) in [4.78, 5) is 14.7. The average Bonchev–Trinajstić information content (AvgIpc) is 2.84. The predicted molar refractivity (Wildman–Crippen MR) is 105 cm³/mol. The van der Waals surface area contributed by atoms with Crippen LogP contribution in [0.5, 0.6) is 0 Å². The largest absolute Gasteiger partial charge is 0.466 e. The molecule has 0 radical (unpaired) electrons. The molecule has 1 aliphatic rings. The van der Waals surface area contributed by atoms with E-state index in [1.54, 1.807) is 13.0 Å². The van der Waals surface area contributed by atoms with E-state index >= 15 is 0 Å². The SMILES string of the molecule is CC(=NNC(=O)c1cc(C)oc1C)c1ccc(N2CCCCCC2)cc1. The van der Waals surface area contributed by atoms with E-state index in [4.69, 9.17) is 4.42 Å². The zero-order valence-corrected chi connectivity index (χ0v) is 15.8. The fraction of sp³-hybridized carbons (Fsp3) is 0.429. The molecule has 5 heteroatoms. The van der Waals surface area contributed by atoms with E-state index in [-0.39, 0.29) is 5.91 Å². The van der Waals surface area contributed by atoms with Gasteiger partial charge in [-0.1, -0.05) is 25.0 Å². The van der Waals surface area contributed by atoms with Gasteiger partial charge in [0, 0.05) is 18.8 Å². The fourth-order valence-corrected chi connectivity index (χ4v) is 3.36. The monoisotopic (exact) mass is 353 g/mol. The molecule has 1 saturated heterocycles. The second-order valence-corrected chi connectivity index (χ2v) is 6.91. The summed E-state index contributed by atoms with van der Waals surface area (Å²) < 4.78 is 5.39. The van der Waals surface area contributed by atoms with Crippen LogP contribution in [0.4, 0.5) is 5.69 Å². The van der Waals surface area contributed by atoms with Crippen LogP contribution < -0.4 is 10.3 Å². The number of aryl methyl sites for hydroxylation is 2.